The maximum absolute atomic E-state index is 8.42. The molecule has 3 heteroatoms. The maximum atomic E-state index is 8.42. The van der Waals surface area contributed by atoms with E-state index in [4.69, 9.17) is 5.26 Å². The molecule has 0 amide bonds. The summed E-state index contributed by atoms with van der Waals surface area (Å²) >= 11 is 1.87. The van der Waals surface area contributed by atoms with Crippen molar-refractivity contribution in [3.05, 3.63) is 29.8 Å². The van der Waals surface area contributed by atoms with Gasteiger partial charge in [0.25, 0.3) is 0 Å². The average molecular weight is 248 g/mol. The predicted molar refractivity (Wildman–Crippen MR) is 74.0 cm³/mol. The van der Waals surface area contributed by atoms with Gasteiger partial charge in [0.15, 0.2) is 0 Å². The lowest BCUT2D eigenvalue weighted by atomic mass is 10.2. The molecule has 0 heterocycles. The normalized spacial score (nSPS) is 10.1. The van der Waals surface area contributed by atoms with Crippen LogP contribution in [0.4, 0.5) is 0 Å². The minimum atomic E-state index is 0.683. The van der Waals surface area contributed by atoms with Crippen molar-refractivity contribution in [3.63, 3.8) is 0 Å². The Morgan fingerprint density at radius 2 is 2.00 bits per heavy atom. The number of benzene rings is 1. The molecule has 0 aliphatic carbocycles. The van der Waals surface area contributed by atoms with Gasteiger partial charge < -0.3 is 5.32 Å². The molecular formula is C14H20N2S. The van der Waals surface area contributed by atoms with Crippen LogP contribution in [0.15, 0.2) is 29.2 Å². The van der Waals surface area contributed by atoms with Crippen LogP contribution in [0.5, 0.6) is 0 Å². The van der Waals surface area contributed by atoms with Gasteiger partial charge in [0, 0.05) is 17.9 Å². The number of rotatable bonds is 8. The van der Waals surface area contributed by atoms with Crippen LogP contribution in [0.3, 0.4) is 0 Å². The average Bonchev–Trinajstić information content (AvgIpc) is 2.37. The van der Waals surface area contributed by atoms with Crippen molar-refractivity contribution in [1.29, 1.82) is 5.26 Å². The third kappa shape index (κ3) is 6.35. The summed E-state index contributed by atoms with van der Waals surface area (Å²) in [5.41, 5.74) is 1.33. The van der Waals surface area contributed by atoms with Crippen LogP contribution >= 0.6 is 11.8 Å². The fraction of sp³-hybridized carbons (Fsp3) is 0.500. The molecule has 1 aromatic rings. The highest BCUT2D eigenvalue weighted by Gasteiger charge is 1.96. The molecule has 0 aliphatic heterocycles. The molecule has 1 rings (SSSR count). The highest BCUT2D eigenvalue weighted by atomic mass is 32.2. The van der Waals surface area contributed by atoms with Crippen LogP contribution < -0.4 is 5.32 Å². The van der Waals surface area contributed by atoms with Crippen LogP contribution in [-0.2, 0) is 6.54 Å². The van der Waals surface area contributed by atoms with Crippen molar-refractivity contribution >= 4 is 11.8 Å². The summed E-state index contributed by atoms with van der Waals surface area (Å²) in [4.78, 5) is 1.32. The molecule has 0 saturated carbocycles. The second-order valence-corrected chi connectivity index (χ2v) is 5.06. The van der Waals surface area contributed by atoms with Crippen molar-refractivity contribution in [2.75, 3.05) is 12.3 Å². The van der Waals surface area contributed by atoms with E-state index >= 15 is 0 Å². The summed E-state index contributed by atoms with van der Waals surface area (Å²) < 4.78 is 0. The predicted octanol–water partition coefficient (Wildman–Crippen LogP) is 3.58. The number of nitrogens with zero attached hydrogens (tertiary/aromatic N) is 1. The van der Waals surface area contributed by atoms with Crippen molar-refractivity contribution in [3.8, 4) is 6.07 Å². The van der Waals surface area contributed by atoms with Crippen LogP contribution in [0, 0.1) is 11.3 Å². The minimum Gasteiger partial charge on any atom is -0.313 e. The van der Waals surface area contributed by atoms with Crippen molar-refractivity contribution in [1.82, 2.24) is 5.32 Å². The third-order valence-corrected chi connectivity index (χ3v) is 3.55. The molecule has 0 atom stereocenters. The Morgan fingerprint density at radius 1 is 1.24 bits per heavy atom. The first-order chi connectivity index (χ1) is 8.36. The van der Waals surface area contributed by atoms with E-state index in [1.54, 1.807) is 0 Å². The zero-order valence-corrected chi connectivity index (χ0v) is 11.2. The molecule has 0 bridgehead atoms. The van der Waals surface area contributed by atoms with Crippen molar-refractivity contribution < 1.29 is 0 Å². The molecule has 0 radical (unpaired) electrons. The SMILES string of the molecule is CCNCc1ccc(SCCCCC#N)cc1. The second kappa shape index (κ2) is 9.09. The van der Waals surface area contributed by atoms with E-state index in [0.717, 1.165) is 31.7 Å². The van der Waals surface area contributed by atoms with Gasteiger partial charge in [0.1, 0.15) is 0 Å². The van der Waals surface area contributed by atoms with Gasteiger partial charge >= 0.3 is 0 Å². The Morgan fingerprint density at radius 3 is 2.65 bits per heavy atom. The maximum Gasteiger partial charge on any atom is 0.0621 e. The number of thioether (sulfide) groups is 1. The Labute approximate surface area is 108 Å². The molecule has 0 fully saturated rings. The fourth-order valence-electron chi connectivity index (χ4n) is 1.47. The molecule has 1 N–H and O–H groups in total. The first-order valence-electron chi connectivity index (χ1n) is 6.16. The molecule has 1 aromatic carbocycles. The van der Waals surface area contributed by atoms with Gasteiger partial charge in [-0.3, -0.25) is 0 Å². The van der Waals surface area contributed by atoms with E-state index < -0.39 is 0 Å². The number of nitrogens with one attached hydrogen (secondary N) is 1. The Balaban J connectivity index is 2.23. The highest BCUT2D eigenvalue weighted by molar-refractivity contribution is 7.99. The Kier molecular flexibility index (Phi) is 7.53. The van der Waals surface area contributed by atoms with Gasteiger partial charge in [-0.15, -0.1) is 11.8 Å². The smallest absolute Gasteiger partial charge is 0.0621 e. The quantitative estimate of drug-likeness (QED) is 0.564. The fourth-order valence-corrected chi connectivity index (χ4v) is 2.38. The van der Waals surface area contributed by atoms with E-state index in [-0.39, 0.29) is 0 Å². The molecule has 17 heavy (non-hydrogen) atoms. The van der Waals surface area contributed by atoms with E-state index in [2.05, 4.69) is 42.6 Å². The first kappa shape index (κ1) is 14.1. The highest BCUT2D eigenvalue weighted by Crippen LogP contribution is 2.20. The van der Waals surface area contributed by atoms with E-state index in [1.165, 1.54) is 10.5 Å². The molecule has 0 saturated heterocycles. The summed E-state index contributed by atoms with van der Waals surface area (Å²) in [6, 6.07) is 10.9. The lowest BCUT2D eigenvalue weighted by Gasteiger charge is -2.04. The summed E-state index contributed by atoms with van der Waals surface area (Å²) in [6.45, 7) is 4.07. The van der Waals surface area contributed by atoms with Crippen molar-refractivity contribution in [2.45, 2.75) is 37.6 Å². The molecule has 2 nitrogen and oxygen atoms in total. The standard InChI is InChI=1S/C14H20N2S/c1-2-16-12-13-6-8-14(9-7-13)17-11-5-3-4-10-15/h6-9,16H,2-5,11-12H2,1H3. The molecule has 0 aliphatic rings. The van der Waals surface area contributed by atoms with Crippen LogP contribution in [0.1, 0.15) is 31.7 Å². The lowest BCUT2D eigenvalue weighted by Crippen LogP contribution is -2.11. The van der Waals surface area contributed by atoms with Crippen LogP contribution in [0.2, 0.25) is 0 Å². The number of unbranched alkanes of at least 4 members (excludes halogenated alkanes) is 2. The number of hydrogen-bond donors (Lipinski definition) is 1. The lowest BCUT2D eigenvalue weighted by molar-refractivity contribution is 0.726. The summed E-state index contributed by atoms with van der Waals surface area (Å²) in [7, 11) is 0. The summed E-state index contributed by atoms with van der Waals surface area (Å²) in [5.74, 6) is 1.11. The zero-order chi connectivity index (χ0) is 12.3. The minimum absolute atomic E-state index is 0.683. The molecule has 92 valence electrons. The Hall–Kier alpha value is -0.980. The molecule has 0 unspecified atom stereocenters. The summed E-state index contributed by atoms with van der Waals surface area (Å²) in [6.07, 6.45) is 2.82. The van der Waals surface area contributed by atoms with Crippen molar-refractivity contribution in [2.24, 2.45) is 0 Å². The second-order valence-electron chi connectivity index (χ2n) is 3.89. The van der Waals surface area contributed by atoms with Gasteiger partial charge in [0.05, 0.1) is 6.07 Å². The first-order valence-corrected chi connectivity index (χ1v) is 7.14. The molecule has 0 spiro atoms. The van der Waals surface area contributed by atoms with Gasteiger partial charge in [-0.1, -0.05) is 19.1 Å². The van der Waals surface area contributed by atoms with Crippen LogP contribution in [0.25, 0.3) is 0 Å². The van der Waals surface area contributed by atoms with Gasteiger partial charge in [-0.25, -0.2) is 0 Å². The van der Waals surface area contributed by atoms with Gasteiger partial charge in [0.2, 0.25) is 0 Å². The summed E-state index contributed by atoms with van der Waals surface area (Å²) in [5, 5.41) is 11.7. The van der Waals surface area contributed by atoms with Gasteiger partial charge in [-0.05, 0) is 42.8 Å². The monoisotopic (exact) mass is 248 g/mol. The largest absolute Gasteiger partial charge is 0.313 e. The molecule has 0 aromatic heterocycles. The zero-order valence-electron chi connectivity index (χ0n) is 10.4. The molecular weight excluding hydrogens is 228 g/mol. The Bertz CT molecular complexity index is 340. The number of nitriles is 1. The van der Waals surface area contributed by atoms with Crippen LogP contribution in [-0.4, -0.2) is 12.3 Å². The number of hydrogen-bond acceptors (Lipinski definition) is 3. The topological polar surface area (TPSA) is 35.8 Å². The van der Waals surface area contributed by atoms with E-state index in [9.17, 15) is 0 Å². The van der Waals surface area contributed by atoms with E-state index in [0.29, 0.717) is 6.42 Å². The third-order valence-electron chi connectivity index (χ3n) is 2.45. The van der Waals surface area contributed by atoms with Gasteiger partial charge in [-0.2, -0.15) is 5.26 Å². The van der Waals surface area contributed by atoms with E-state index in [1.807, 2.05) is 11.8 Å².